The maximum atomic E-state index is 13.1. The number of anilines is 2. The van der Waals surface area contributed by atoms with Crippen molar-refractivity contribution in [3.63, 3.8) is 0 Å². The molecule has 1 aliphatic rings. The maximum absolute atomic E-state index is 13.1. The van der Waals surface area contributed by atoms with Gasteiger partial charge in [0.05, 0.1) is 47.7 Å². The van der Waals surface area contributed by atoms with Crippen LogP contribution in [0.1, 0.15) is 27.7 Å². The second kappa shape index (κ2) is 11.1. The van der Waals surface area contributed by atoms with Crippen LogP contribution in [0.15, 0.2) is 42.7 Å². The summed E-state index contributed by atoms with van der Waals surface area (Å²) < 4.78 is 50.6. The number of carbonyl (C=O) groups excluding carboxylic acids is 1. The van der Waals surface area contributed by atoms with Crippen molar-refractivity contribution in [1.82, 2.24) is 19.9 Å². The first kappa shape index (κ1) is 26.8. The fourth-order valence-electron chi connectivity index (χ4n) is 4.11. The zero-order valence-corrected chi connectivity index (χ0v) is 22.1. The van der Waals surface area contributed by atoms with E-state index in [0.717, 1.165) is 27.5 Å². The third-order valence-corrected chi connectivity index (χ3v) is 7.17. The minimum Gasteiger partial charge on any atom is -0.462 e. The summed E-state index contributed by atoms with van der Waals surface area (Å²) in [4.78, 5) is 34.9. The molecular formula is C26H25F3N6O3S. The smallest absolute Gasteiger partial charge is 0.416 e. The third-order valence-electron chi connectivity index (χ3n) is 6.07. The van der Waals surface area contributed by atoms with E-state index in [2.05, 4.69) is 14.9 Å². The first-order chi connectivity index (χ1) is 18.7. The van der Waals surface area contributed by atoms with Crippen molar-refractivity contribution in [3.8, 4) is 11.4 Å². The lowest BCUT2D eigenvalue weighted by Gasteiger charge is -2.28. The van der Waals surface area contributed by atoms with Gasteiger partial charge in [0.25, 0.3) is 0 Å². The number of ether oxygens (including phenoxy) is 2. The lowest BCUT2D eigenvalue weighted by Crippen LogP contribution is -2.36. The van der Waals surface area contributed by atoms with Gasteiger partial charge in [0.15, 0.2) is 11.6 Å². The summed E-state index contributed by atoms with van der Waals surface area (Å²) >= 11 is 1.54. The van der Waals surface area contributed by atoms with Crippen LogP contribution in [-0.2, 0) is 22.2 Å². The largest absolute Gasteiger partial charge is 0.462 e. The fraction of sp³-hybridized carbons (Fsp3) is 0.346. The average Bonchev–Trinajstić information content (AvgIpc) is 3.35. The average molecular weight is 559 g/mol. The normalized spacial score (nSPS) is 14.0. The molecule has 4 aromatic rings. The Labute approximate surface area is 226 Å². The molecule has 0 bridgehead atoms. The number of morpholine rings is 1. The van der Waals surface area contributed by atoms with Crippen molar-refractivity contribution in [2.75, 3.05) is 49.8 Å². The maximum Gasteiger partial charge on any atom is 0.416 e. The first-order valence-corrected chi connectivity index (χ1v) is 13.1. The Morgan fingerprint density at radius 3 is 2.46 bits per heavy atom. The molecule has 1 saturated heterocycles. The van der Waals surface area contributed by atoms with Gasteiger partial charge in [0, 0.05) is 43.0 Å². The molecule has 0 spiro atoms. The molecule has 1 aliphatic heterocycles. The highest BCUT2D eigenvalue weighted by Gasteiger charge is 2.30. The van der Waals surface area contributed by atoms with E-state index in [4.69, 9.17) is 19.4 Å². The number of halogens is 3. The molecule has 39 heavy (non-hydrogen) atoms. The number of rotatable bonds is 7. The van der Waals surface area contributed by atoms with Gasteiger partial charge < -0.3 is 19.3 Å². The summed E-state index contributed by atoms with van der Waals surface area (Å²) in [6, 6.07) is 6.82. The molecule has 0 unspecified atom stereocenters. The van der Waals surface area contributed by atoms with Crippen molar-refractivity contribution >= 4 is 39.3 Å². The summed E-state index contributed by atoms with van der Waals surface area (Å²) in [5, 5.41) is 0. The molecule has 9 nitrogen and oxygen atoms in total. The molecule has 13 heteroatoms. The van der Waals surface area contributed by atoms with Gasteiger partial charge >= 0.3 is 12.1 Å². The van der Waals surface area contributed by atoms with Crippen LogP contribution in [0.3, 0.4) is 0 Å². The summed E-state index contributed by atoms with van der Waals surface area (Å²) in [5.41, 5.74) is 0.754. The predicted molar refractivity (Wildman–Crippen MR) is 141 cm³/mol. The predicted octanol–water partition coefficient (Wildman–Crippen LogP) is 4.82. The highest BCUT2D eigenvalue weighted by molar-refractivity contribution is 7.19. The number of aromatic nitrogens is 4. The van der Waals surface area contributed by atoms with Gasteiger partial charge in [-0.25, -0.2) is 24.7 Å². The van der Waals surface area contributed by atoms with E-state index >= 15 is 0 Å². The molecule has 1 aromatic carbocycles. The lowest BCUT2D eigenvalue weighted by atomic mass is 10.1. The minimum absolute atomic E-state index is 0.266. The Balaban J connectivity index is 1.45. The number of alkyl halides is 3. The van der Waals surface area contributed by atoms with Gasteiger partial charge in [-0.15, -0.1) is 11.3 Å². The monoisotopic (exact) mass is 558 g/mol. The van der Waals surface area contributed by atoms with Gasteiger partial charge in [-0.3, -0.25) is 0 Å². The molecule has 204 valence electrons. The molecule has 1 fully saturated rings. The number of hydrogen-bond acceptors (Lipinski definition) is 10. The Hall–Kier alpha value is -3.84. The van der Waals surface area contributed by atoms with Gasteiger partial charge in [0.1, 0.15) is 0 Å². The van der Waals surface area contributed by atoms with E-state index in [1.54, 1.807) is 6.92 Å². The van der Waals surface area contributed by atoms with Crippen LogP contribution in [0.25, 0.3) is 21.6 Å². The lowest BCUT2D eigenvalue weighted by molar-refractivity contribution is -0.137. The van der Waals surface area contributed by atoms with Crippen molar-refractivity contribution in [2.45, 2.75) is 19.6 Å². The molecule has 0 saturated carbocycles. The molecule has 0 radical (unpaired) electrons. The van der Waals surface area contributed by atoms with Gasteiger partial charge in [-0.05, 0) is 25.1 Å². The van der Waals surface area contributed by atoms with Crippen LogP contribution in [0.5, 0.6) is 0 Å². The van der Waals surface area contributed by atoms with Gasteiger partial charge in [0.2, 0.25) is 5.95 Å². The van der Waals surface area contributed by atoms with E-state index in [1.165, 1.54) is 35.9 Å². The zero-order valence-electron chi connectivity index (χ0n) is 21.2. The van der Waals surface area contributed by atoms with Crippen LogP contribution >= 0.6 is 11.3 Å². The first-order valence-electron chi connectivity index (χ1n) is 12.2. The third kappa shape index (κ3) is 5.93. The second-order valence-electron chi connectivity index (χ2n) is 8.82. The minimum atomic E-state index is -4.42. The molecule has 3 aromatic heterocycles. The summed E-state index contributed by atoms with van der Waals surface area (Å²) in [6.07, 6.45) is -1.56. The van der Waals surface area contributed by atoms with E-state index in [9.17, 15) is 18.0 Å². The standard InChI is InChI=1S/C26H25F3N6O3S/c1-3-38-24(36)17-13-30-25(31-14-17)34(2)15-19-12-20-21(39-19)23(35-8-10-37-11-9-35)33-22(32-20)16-4-6-18(7-5-16)26(27,28)29/h4-7,12-14H,3,8-11,15H2,1-2H3. The van der Waals surface area contributed by atoms with E-state index in [-0.39, 0.29) is 12.2 Å². The van der Waals surface area contributed by atoms with E-state index in [1.807, 2.05) is 18.0 Å². The fourth-order valence-corrected chi connectivity index (χ4v) is 5.28. The molecule has 0 N–H and O–H groups in total. The molecule has 0 amide bonds. The Morgan fingerprint density at radius 1 is 1.13 bits per heavy atom. The van der Waals surface area contributed by atoms with Crippen LogP contribution in [-0.4, -0.2) is 65.9 Å². The number of esters is 1. The molecule has 5 rings (SSSR count). The second-order valence-corrected chi connectivity index (χ2v) is 9.96. The zero-order chi connectivity index (χ0) is 27.6. The molecule has 0 aliphatic carbocycles. The number of nitrogens with zero attached hydrogens (tertiary/aromatic N) is 6. The van der Waals surface area contributed by atoms with Crippen molar-refractivity contribution in [2.24, 2.45) is 0 Å². The highest BCUT2D eigenvalue weighted by Crippen LogP contribution is 2.36. The SMILES string of the molecule is CCOC(=O)c1cnc(N(C)Cc2cc3nc(-c4ccc(C(F)(F)F)cc4)nc(N4CCOCC4)c3s2)nc1. The van der Waals surface area contributed by atoms with E-state index < -0.39 is 17.7 Å². The van der Waals surface area contributed by atoms with Crippen molar-refractivity contribution in [3.05, 3.63) is 58.7 Å². The van der Waals surface area contributed by atoms with Crippen LogP contribution in [0.4, 0.5) is 24.9 Å². The summed E-state index contributed by atoms with van der Waals surface area (Å²) in [7, 11) is 1.84. The van der Waals surface area contributed by atoms with Crippen LogP contribution < -0.4 is 9.80 Å². The quantitative estimate of drug-likeness (QED) is 0.296. The topological polar surface area (TPSA) is 93.6 Å². The Bertz CT molecular complexity index is 1460. The molecule has 0 atom stereocenters. The number of benzene rings is 1. The highest BCUT2D eigenvalue weighted by atomic mass is 32.1. The van der Waals surface area contributed by atoms with Crippen molar-refractivity contribution < 1.29 is 27.4 Å². The van der Waals surface area contributed by atoms with Crippen LogP contribution in [0.2, 0.25) is 0 Å². The van der Waals surface area contributed by atoms with E-state index in [0.29, 0.717) is 55.7 Å². The molecule has 4 heterocycles. The summed E-state index contributed by atoms with van der Waals surface area (Å²) in [6.45, 7) is 4.87. The van der Waals surface area contributed by atoms with Crippen molar-refractivity contribution in [1.29, 1.82) is 0 Å². The van der Waals surface area contributed by atoms with Gasteiger partial charge in [-0.1, -0.05) is 12.1 Å². The number of fused-ring (bicyclic) bond motifs is 1. The van der Waals surface area contributed by atoms with Gasteiger partial charge in [-0.2, -0.15) is 13.2 Å². The number of hydrogen-bond donors (Lipinski definition) is 0. The number of thiophene rings is 1. The Kier molecular flexibility index (Phi) is 7.62. The summed E-state index contributed by atoms with van der Waals surface area (Å²) in [5.74, 6) is 1.04. The van der Waals surface area contributed by atoms with Crippen LogP contribution in [0, 0.1) is 0 Å². The number of carbonyl (C=O) groups is 1. The molecular weight excluding hydrogens is 533 g/mol. The Morgan fingerprint density at radius 2 is 1.82 bits per heavy atom.